The van der Waals surface area contributed by atoms with Crippen LogP contribution >= 0.6 is 12.6 Å². The normalized spacial score (nSPS) is 29.9. The van der Waals surface area contributed by atoms with Crippen LogP contribution in [-0.4, -0.2) is 41.7 Å². The van der Waals surface area contributed by atoms with Crippen LogP contribution in [0.1, 0.15) is 18.4 Å². The maximum Gasteiger partial charge on any atom is 0.233 e. The van der Waals surface area contributed by atoms with E-state index >= 15 is 0 Å². The third kappa shape index (κ3) is 3.18. The van der Waals surface area contributed by atoms with Crippen LogP contribution in [0.4, 0.5) is 0 Å². The second-order valence-electron chi connectivity index (χ2n) is 5.96. The quantitative estimate of drug-likeness (QED) is 0.828. The molecule has 0 spiro atoms. The van der Waals surface area contributed by atoms with Crippen molar-refractivity contribution in [3.63, 3.8) is 0 Å². The Bertz CT molecular complexity index is 457. The number of benzene rings is 1. The second kappa shape index (κ2) is 6.19. The van der Waals surface area contributed by atoms with Crippen LogP contribution in [0.25, 0.3) is 0 Å². The Hall–Kier alpha value is -1.00. The molecule has 1 aromatic rings. The first-order chi connectivity index (χ1) is 9.72. The van der Waals surface area contributed by atoms with Crippen molar-refractivity contribution in [2.45, 2.75) is 30.6 Å². The van der Waals surface area contributed by atoms with Gasteiger partial charge in [-0.1, -0.05) is 30.3 Å². The Labute approximate surface area is 126 Å². The molecular formula is C16H22N2OS. The Morgan fingerprint density at radius 1 is 1.30 bits per heavy atom. The van der Waals surface area contributed by atoms with Crippen molar-refractivity contribution < 1.29 is 4.79 Å². The molecule has 3 fully saturated rings. The molecule has 3 nitrogen and oxygen atoms in total. The number of nitrogens with one attached hydrogen (secondary N) is 1. The van der Waals surface area contributed by atoms with Crippen LogP contribution in [0.15, 0.2) is 30.3 Å². The van der Waals surface area contributed by atoms with E-state index in [1.165, 1.54) is 25.9 Å². The molecule has 3 aliphatic heterocycles. The Morgan fingerprint density at radius 2 is 2.00 bits per heavy atom. The van der Waals surface area contributed by atoms with E-state index < -0.39 is 0 Å². The molecule has 3 aliphatic rings. The van der Waals surface area contributed by atoms with Crippen molar-refractivity contribution >= 4 is 18.5 Å². The minimum absolute atomic E-state index is 0.0796. The van der Waals surface area contributed by atoms with Gasteiger partial charge in [0, 0.05) is 12.6 Å². The molecule has 1 aromatic carbocycles. The number of carbonyl (C=O) groups excluding carboxylic acids is 1. The van der Waals surface area contributed by atoms with Gasteiger partial charge in [0.15, 0.2) is 0 Å². The van der Waals surface area contributed by atoms with Crippen LogP contribution in [0.2, 0.25) is 0 Å². The van der Waals surface area contributed by atoms with Gasteiger partial charge in [-0.3, -0.25) is 4.79 Å². The molecule has 4 rings (SSSR count). The molecule has 1 N–H and O–H groups in total. The lowest BCUT2D eigenvalue weighted by Crippen LogP contribution is -2.58. The summed E-state index contributed by atoms with van der Waals surface area (Å²) >= 11 is 4.48. The first-order valence-electron chi connectivity index (χ1n) is 7.47. The predicted octanol–water partition coefficient (Wildman–Crippen LogP) is 1.74. The third-order valence-electron chi connectivity index (χ3n) is 4.56. The Balaban J connectivity index is 1.54. The fourth-order valence-electron chi connectivity index (χ4n) is 3.34. The third-order valence-corrected chi connectivity index (χ3v) is 4.98. The molecule has 4 heteroatoms. The Morgan fingerprint density at radius 3 is 2.60 bits per heavy atom. The molecular weight excluding hydrogens is 268 g/mol. The van der Waals surface area contributed by atoms with E-state index in [9.17, 15) is 4.79 Å². The van der Waals surface area contributed by atoms with E-state index in [-0.39, 0.29) is 11.2 Å². The fourth-order valence-corrected chi connectivity index (χ4v) is 3.62. The van der Waals surface area contributed by atoms with Crippen molar-refractivity contribution in [2.24, 2.45) is 5.92 Å². The molecule has 20 heavy (non-hydrogen) atoms. The molecule has 0 saturated carbocycles. The predicted molar refractivity (Wildman–Crippen MR) is 84.0 cm³/mol. The highest BCUT2D eigenvalue weighted by Crippen LogP contribution is 2.27. The number of rotatable bonds is 4. The highest BCUT2D eigenvalue weighted by atomic mass is 32.1. The second-order valence-corrected chi connectivity index (χ2v) is 6.58. The average molecular weight is 290 g/mol. The van der Waals surface area contributed by atoms with Crippen molar-refractivity contribution in [2.75, 3.05) is 19.6 Å². The summed E-state index contributed by atoms with van der Waals surface area (Å²) in [5, 5.41) is 2.96. The molecule has 1 amide bonds. The lowest BCUT2D eigenvalue weighted by molar-refractivity contribution is -0.122. The van der Waals surface area contributed by atoms with Gasteiger partial charge in [-0.05, 0) is 43.8 Å². The molecule has 0 aromatic heterocycles. The minimum atomic E-state index is -0.257. The lowest BCUT2D eigenvalue weighted by atomic mass is 9.84. The van der Waals surface area contributed by atoms with Crippen molar-refractivity contribution in [3.8, 4) is 0 Å². The maximum atomic E-state index is 12.3. The van der Waals surface area contributed by atoms with Crippen molar-refractivity contribution in [1.82, 2.24) is 10.2 Å². The van der Waals surface area contributed by atoms with E-state index in [0.717, 1.165) is 12.1 Å². The highest BCUT2D eigenvalue weighted by molar-refractivity contribution is 7.81. The zero-order chi connectivity index (χ0) is 13.9. The first-order valence-corrected chi connectivity index (χ1v) is 7.99. The molecule has 2 bridgehead atoms. The van der Waals surface area contributed by atoms with E-state index in [4.69, 9.17) is 0 Å². The lowest BCUT2D eigenvalue weighted by Gasteiger charge is -2.45. The summed E-state index contributed by atoms with van der Waals surface area (Å²) in [4.78, 5) is 14.7. The summed E-state index contributed by atoms with van der Waals surface area (Å²) in [5.74, 6) is 0.747. The molecule has 0 radical (unpaired) electrons. The summed E-state index contributed by atoms with van der Waals surface area (Å²) in [7, 11) is 0. The molecule has 0 aliphatic carbocycles. The van der Waals surface area contributed by atoms with Crippen molar-refractivity contribution in [3.05, 3.63) is 35.9 Å². The largest absolute Gasteiger partial charge is 0.351 e. The van der Waals surface area contributed by atoms with Crippen molar-refractivity contribution in [1.29, 1.82) is 0 Å². The van der Waals surface area contributed by atoms with Crippen LogP contribution in [-0.2, 0) is 11.2 Å². The van der Waals surface area contributed by atoms with Gasteiger partial charge in [-0.15, -0.1) is 0 Å². The van der Waals surface area contributed by atoms with Gasteiger partial charge >= 0.3 is 0 Å². The van der Waals surface area contributed by atoms with Gasteiger partial charge in [-0.2, -0.15) is 12.6 Å². The molecule has 2 atom stereocenters. The van der Waals surface area contributed by atoms with E-state index in [0.29, 0.717) is 18.4 Å². The van der Waals surface area contributed by atoms with Gasteiger partial charge in [-0.25, -0.2) is 0 Å². The highest BCUT2D eigenvalue weighted by Gasteiger charge is 2.35. The van der Waals surface area contributed by atoms with Gasteiger partial charge in [0.25, 0.3) is 0 Å². The zero-order valence-electron chi connectivity index (χ0n) is 11.7. The van der Waals surface area contributed by atoms with E-state index in [1.54, 1.807) is 0 Å². The van der Waals surface area contributed by atoms with Gasteiger partial charge in [0.1, 0.15) is 0 Å². The molecule has 108 valence electrons. The fraction of sp³-hybridized carbons (Fsp3) is 0.562. The standard InChI is InChI=1S/C16H22N2OS/c19-16(15(20)10-12-4-2-1-3-5-12)17-14-11-18-8-6-13(14)7-9-18/h1-5,13-15,20H,6-11H2,(H,17,19). The number of piperidine rings is 3. The first kappa shape index (κ1) is 14.0. The number of fused-ring (bicyclic) bond motifs is 3. The summed E-state index contributed by atoms with van der Waals surface area (Å²) in [6.07, 6.45) is 3.14. The smallest absolute Gasteiger partial charge is 0.233 e. The average Bonchev–Trinajstić information content (AvgIpc) is 2.49. The summed E-state index contributed by atoms with van der Waals surface area (Å²) in [6.45, 7) is 3.42. The summed E-state index contributed by atoms with van der Waals surface area (Å²) in [6, 6.07) is 10.4. The van der Waals surface area contributed by atoms with Crippen LogP contribution in [0, 0.1) is 5.92 Å². The van der Waals surface area contributed by atoms with E-state index in [2.05, 4.69) is 22.8 Å². The zero-order valence-corrected chi connectivity index (χ0v) is 12.6. The van der Waals surface area contributed by atoms with E-state index in [1.807, 2.05) is 30.3 Å². The number of nitrogens with zero attached hydrogens (tertiary/aromatic N) is 1. The van der Waals surface area contributed by atoms with Gasteiger partial charge in [0.2, 0.25) is 5.91 Å². The topological polar surface area (TPSA) is 32.3 Å². The van der Waals surface area contributed by atoms with Gasteiger partial charge < -0.3 is 10.2 Å². The number of thiol groups is 1. The SMILES string of the molecule is O=C(NC1CN2CCC1CC2)C(S)Cc1ccccc1. The molecule has 2 unspecified atom stereocenters. The molecule has 3 heterocycles. The van der Waals surface area contributed by atoms with Crippen LogP contribution in [0.3, 0.4) is 0 Å². The number of hydrogen-bond donors (Lipinski definition) is 2. The summed E-state index contributed by atoms with van der Waals surface area (Å²) in [5.41, 5.74) is 1.16. The number of amides is 1. The summed E-state index contributed by atoms with van der Waals surface area (Å²) < 4.78 is 0. The minimum Gasteiger partial charge on any atom is -0.351 e. The number of carbonyl (C=O) groups is 1. The monoisotopic (exact) mass is 290 g/mol. The maximum absolute atomic E-state index is 12.3. The number of hydrogen-bond acceptors (Lipinski definition) is 3. The van der Waals surface area contributed by atoms with Crippen LogP contribution in [0.5, 0.6) is 0 Å². The Kier molecular flexibility index (Phi) is 4.32. The van der Waals surface area contributed by atoms with Gasteiger partial charge in [0.05, 0.1) is 5.25 Å². The van der Waals surface area contributed by atoms with Crippen LogP contribution < -0.4 is 5.32 Å². The molecule has 3 saturated heterocycles.